The molecule has 0 radical (unpaired) electrons. The molecule has 8 nitrogen and oxygen atoms in total. The zero-order valence-corrected chi connectivity index (χ0v) is 18.0. The zero-order valence-electron chi connectivity index (χ0n) is 18.0. The van der Waals surface area contributed by atoms with E-state index in [0.717, 1.165) is 11.1 Å². The number of hydrogen-bond acceptors (Lipinski definition) is 6. The molecule has 1 aromatic carbocycles. The fourth-order valence-corrected chi connectivity index (χ4v) is 2.85. The van der Waals surface area contributed by atoms with Crippen LogP contribution in [0.1, 0.15) is 37.9 Å². The minimum atomic E-state index is -0.757. The van der Waals surface area contributed by atoms with E-state index in [1.807, 2.05) is 37.3 Å². The molecule has 0 bridgehead atoms. The van der Waals surface area contributed by atoms with E-state index in [0.29, 0.717) is 17.3 Å². The SMILES string of the molecule is Cc1cnn(C)c1C(OC(=O)C(C)(C)C)=C(C#N)c1nc(-c2ccccc2)nn1C. The molecule has 2 aromatic heterocycles. The number of nitrogens with zero attached hydrogens (tertiary/aromatic N) is 6. The van der Waals surface area contributed by atoms with Crippen LogP contribution < -0.4 is 0 Å². The van der Waals surface area contributed by atoms with Gasteiger partial charge in [-0.05, 0) is 33.3 Å². The summed E-state index contributed by atoms with van der Waals surface area (Å²) in [6.07, 6.45) is 1.65. The van der Waals surface area contributed by atoms with Crippen LogP contribution in [0.3, 0.4) is 0 Å². The summed E-state index contributed by atoms with van der Waals surface area (Å²) in [5, 5.41) is 18.7. The third-order valence-electron chi connectivity index (χ3n) is 4.50. The van der Waals surface area contributed by atoms with Crippen LogP contribution in [-0.2, 0) is 23.6 Å². The van der Waals surface area contributed by atoms with Crippen LogP contribution in [0.15, 0.2) is 36.5 Å². The lowest BCUT2D eigenvalue weighted by Gasteiger charge is -2.19. The molecule has 0 amide bonds. The molecule has 0 aliphatic carbocycles. The molecule has 3 aromatic rings. The highest BCUT2D eigenvalue weighted by Crippen LogP contribution is 2.31. The molecule has 0 aliphatic heterocycles. The van der Waals surface area contributed by atoms with Gasteiger partial charge in [-0.15, -0.1) is 0 Å². The van der Waals surface area contributed by atoms with Gasteiger partial charge in [0.15, 0.2) is 17.4 Å². The molecule has 8 heteroatoms. The predicted molar refractivity (Wildman–Crippen MR) is 112 cm³/mol. The van der Waals surface area contributed by atoms with E-state index in [4.69, 9.17) is 4.74 Å². The van der Waals surface area contributed by atoms with Gasteiger partial charge in [-0.2, -0.15) is 15.5 Å². The molecule has 3 rings (SSSR count). The first-order chi connectivity index (χ1) is 14.1. The first-order valence-electron chi connectivity index (χ1n) is 9.46. The number of nitriles is 1. The van der Waals surface area contributed by atoms with Crippen molar-refractivity contribution in [3.8, 4) is 17.5 Å². The zero-order chi connectivity index (χ0) is 22.1. The molecule has 154 valence electrons. The highest BCUT2D eigenvalue weighted by molar-refractivity contribution is 5.96. The summed E-state index contributed by atoms with van der Waals surface area (Å²) in [6.45, 7) is 7.11. The molecule has 30 heavy (non-hydrogen) atoms. The summed E-state index contributed by atoms with van der Waals surface area (Å²) in [5.74, 6) is 0.430. The second-order valence-corrected chi connectivity index (χ2v) is 8.00. The monoisotopic (exact) mass is 404 g/mol. The van der Waals surface area contributed by atoms with Crippen LogP contribution in [0.4, 0.5) is 0 Å². The first-order valence-corrected chi connectivity index (χ1v) is 9.46. The number of aromatic nitrogens is 5. The van der Waals surface area contributed by atoms with Crippen molar-refractivity contribution in [2.24, 2.45) is 19.5 Å². The number of aryl methyl sites for hydroxylation is 3. The van der Waals surface area contributed by atoms with E-state index >= 15 is 0 Å². The number of rotatable bonds is 4. The van der Waals surface area contributed by atoms with Gasteiger partial charge < -0.3 is 4.74 Å². The second kappa shape index (κ2) is 7.95. The Hall–Kier alpha value is -3.73. The summed E-state index contributed by atoms with van der Waals surface area (Å²) in [5.41, 5.74) is 1.48. The maximum Gasteiger partial charge on any atom is 0.316 e. The van der Waals surface area contributed by atoms with E-state index in [9.17, 15) is 10.1 Å². The molecule has 0 atom stereocenters. The quantitative estimate of drug-likeness (QED) is 0.375. The van der Waals surface area contributed by atoms with Gasteiger partial charge in [-0.3, -0.25) is 9.48 Å². The predicted octanol–water partition coefficient (Wildman–Crippen LogP) is 3.51. The topological polar surface area (TPSA) is 98.6 Å². The van der Waals surface area contributed by atoms with Crippen molar-refractivity contribution in [3.05, 3.63) is 53.6 Å². The van der Waals surface area contributed by atoms with Crippen molar-refractivity contribution < 1.29 is 9.53 Å². The second-order valence-electron chi connectivity index (χ2n) is 8.00. The van der Waals surface area contributed by atoms with Crippen LogP contribution in [0.2, 0.25) is 0 Å². The normalized spacial score (nSPS) is 12.3. The average Bonchev–Trinajstić information content (AvgIpc) is 3.24. The number of ether oxygens (including phenoxy) is 1. The van der Waals surface area contributed by atoms with Gasteiger partial charge in [-0.1, -0.05) is 30.3 Å². The Morgan fingerprint density at radius 1 is 1.13 bits per heavy atom. The summed E-state index contributed by atoms with van der Waals surface area (Å²) >= 11 is 0. The summed E-state index contributed by atoms with van der Waals surface area (Å²) in [6, 6.07) is 11.6. The van der Waals surface area contributed by atoms with E-state index < -0.39 is 11.4 Å². The Kier molecular flexibility index (Phi) is 5.56. The Morgan fingerprint density at radius 3 is 2.33 bits per heavy atom. The molecule has 0 saturated heterocycles. The van der Waals surface area contributed by atoms with Crippen LogP contribution in [0, 0.1) is 23.7 Å². The number of esters is 1. The number of benzene rings is 1. The highest BCUT2D eigenvalue weighted by atomic mass is 16.5. The van der Waals surface area contributed by atoms with Gasteiger partial charge in [0.2, 0.25) is 0 Å². The molecule has 0 saturated carbocycles. The third-order valence-corrected chi connectivity index (χ3v) is 4.50. The molecule has 2 heterocycles. The van der Waals surface area contributed by atoms with Crippen LogP contribution in [0.5, 0.6) is 0 Å². The van der Waals surface area contributed by atoms with Crippen molar-refractivity contribution in [1.82, 2.24) is 24.5 Å². The Bertz CT molecular complexity index is 1140. The van der Waals surface area contributed by atoms with Crippen LogP contribution in [0.25, 0.3) is 22.7 Å². The summed E-state index contributed by atoms with van der Waals surface area (Å²) in [4.78, 5) is 17.3. The number of carbonyl (C=O) groups is 1. The minimum absolute atomic E-state index is 0.108. The highest BCUT2D eigenvalue weighted by Gasteiger charge is 2.30. The fraction of sp³-hybridized carbons (Fsp3) is 0.318. The van der Waals surface area contributed by atoms with Crippen molar-refractivity contribution in [2.75, 3.05) is 0 Å². The lowest BCUT2D eigenvalue weighted by Crippen LogP contribution is -2.23. The molecule has 0 spiro atoms. The first kappa shape index (κ1) is 21.0. The molecule has 0 N–H and O–H groups in total. The standard InChI is InChI=1S/C22H24N6O2/c1-14-13-24-27(5)17(14)18(30-21(29)22(2,3)4)16(12-23)20-25-19(26-28(20)6)15-10-8-7-9-11-15/h7-11,13H,1-6H3. The van der Waals surface area contributed by atoms with E-state index in [2.05, 4.69) is 21.3 Å². The van der Waals surface area contributed by atoms with E-state index in [1.165, 1.54) is 4.68 Å². The summed E-state index contributed by atoms with van der Waals surface area (Å²) < 4.78 is 8.86. The molecular formula is C22H24N6O2. The molecule has 0 fully saturated rings. The largest absolute Gasteiger partial charge is 0.422 e. The van der Waals surface area contributed by atoms with E-state index in [-0.39, 0.29) is 11.3 Å². The van der Waals surface area contributed by atoms with Crippen molar-refractivity contribution in [1.29, 1.82) is 5.26 Å². The smallest absolute Gasteiger partial charge is 0.316 e. The van der Waals surface area contributed by atoms with Crippen LogP contribution >= 0.6 is 0 Å². The average molecular weight is 404 g/mol. The van der Waals surface area contributed by atoms with Gasteiger partial charge in [-0.25, -0.2) is 9.67 Å². The lowest BCUT2D eigenvalue weighted by molar-refractivity contribution is -0.145. The molecular weight excluding hydrogens is 380 g/mol. The van der Waals surface area contributed by atoms with Crippen molar-refractivity contribution in [2.45, 2.75) is 27.7 Å². The lowest BCUT2D eigenvalue weighted by atomic mass is 9.97. The number of allylic oxidation sites excluding steroid dienone is 1. The van der Waals surface area contributed by atoms with Gasteiger partial charge in [0.1, 0.15) is 17.3 Å². The van der Waals surface area contributed by atoms with Crippen LogP contribution in [-0.4, -0.2) is 30.5 Å². The Morgan fingerprint density at radius 2 is 1.80 bits per heavy atom. The maximum absolute atomic E-state index is 12.7. The van der Waals surface area contributed by atoms with E-state index in [1.54, 1.807) is 45.7 Å². The molecule has 0 unspecified atom stereocenters. The van der Waals surface area contributed by atoms with Gasteiger partial charge in [0.05, 0.1) is 11.6 Å². The Labute approximate surface area is 175 Å². The third kappa shape index (κ3) is 4.01. The van der Waals surface area contributed by atoms with Gasteiger partial charge in [0, 0.05) is 19.7 Å². The van der Waals surface area contributed by atoms with Gasteiger partial charge in [0.25, 0.3) is 0 Å². The minimum Gasteiger partial charge on any atom is -0.422 e. The molecule has 0 aliphatic rings. The summed E-state index contributed by atoms with van der Waals surface area (Å²) in [7, 11) is 3.43. The van der Waals surface area contributed by atoms with Gasteiger partial charge >= 0.3 is 5.97 Å². The Balaban J connectivity index is 2.23. The van der Waals surface area contributed by atoms with Crippen molar-refractivity contribution >= 4 is 17.3 Å². The maximum atomic E-state index is 12.7. The fourth-order valence-electron chi connectivity index (χ4n) is 2.85. The van der Waals surface area contributed by atoms with Crippen molar-refractivity contribution in [3.63, 3.8) is 0 Å². The number of hydrogen-bond donors (Lipinski definition) is 0. The number of carbonyl (C=O) groups excluding carboxylic acids is 1.